The van der Waals surface area contributed by atoms with Crippen LogP contribution >= 0.6 is 0 Å². The van der Waals surface area contributed by atoms with E-state index in [1.807, 2.05) is 0 Å². The second-order valence-corrected chi connectivity index (χ2v) is 0.894. The maximum absolute atomic E-state index is 7.57. The van der Waals surface area contributed by atoms with Gasteiger partial charge in [-0.15, -0.1) is 4.99 Å². The smallest absolute Gasteiger partial charge is 0.0153 e. The van der Waals surface area contributed by atoms with Crippen LogP contribution in [0.2, 0.25) is 0 Å². The molecule has 0 radical (unpaired) electrons. The molecule has 32 valence electrons. The molecule has 0 bridgehead atoms. The van der Waals surface area contributed by atoms with Gasteiger partial charge in [-0.2, -0.15) is 5.06 Å². The fourth-order valence-electron chi connectivity index (χ4n) is 0. The Balaban J connectivity index is 2.54. The van der Waals surface area contributed by atoms with E-state index in [4.69, 9.17) is 5.26 Å². The van der Waals surface area contributed by atoms with Crippen LogP contribution in [0.25, 0.3) is 0 Å². The minimum absolute atomic E-state index is 1.18. The molecular formula is C2H7NO2. The molecule has 0 amide bonds. The van der Waals surface area contributed by atoms with Gasteiger partial charge >= 0.3 is 0 Å². The first kappa shape index (κ1) is 4.88. The third-order valence-corrected chi connectivity index (χ3v) is 0.163. The van der Waals surface area contributed by atoms with E-state index in [1.165, 1.54) is 5.06 Å². The number of rotatable bonds is 1. The molecule has 0 saturated heterocycles. The average molecular weight is 77.1 g/mol. The van der Waals surface area contributed by atoms with E-state index in [1.54, 1.807) is 14.1 Å². The molecule has 3 heteroatoms. The van der Waals surface area contributed by atoms with Gasteiger partial charge in [0.1, 0.15) is 0 Å². The van der Waals surface area contributed by atoms with Crippen LogP contribution in [0, 0.1) is 0 Å². The Morgan fingerprint density at radius 1 is 1.60 bits per heavy atom. The lowest BCUT2D eigenvalue weighted by Crippen LogP contribution is -2.08. The molecule has 0 aromatic heterocycles. The standard InChI is InChI=1S/C2H7NO2/c1-3(2)5-4/h4H,1-2H3. The van der Waals surface area contributed by atoms with Gasteiger partial charge in [-0.25, -0.2) is 5.26 Å². The van der Waals surface area contributed by atoms with Gasteiger partial charge < -0.3 is 0 Å². The van der Waals surface area contributed by atoms with Crippen LogP contribution in [-0.4, -0.2) is 24.4 Å². The largest absolute Gasteiger partial charge is 0.233 e. The predicted octanol–water partition coefficient (Wildman–Crippen LogP) is -0.0474. The second kappa shape index (κ2) is 2.14. The van der Waals surface area contributed by atoms with Crippen LogP contribution in [0.3, 0.4) is 0 Å². The van der Waals surface area contributed by atoms with Crippen molar-refractivity contribution >= 4 is 0 Å². The van der Waals surface area contributed by atoms with Crippen molar-refractivity contribution in [2.75, 3.05) is 14.1 Å². The zero-order valence-electron chi connectivity index (χ0n) is 3.30. The van der Waals surface area contributed by atoms with Crippen molar-refractivity contribution in [1.82, 2.24) is 5.06 Å². The van der Waals surface area contributed by atoms with Crippen molar-refractivity contribution in [3.8, 4) is 0 Å². The molecule has 0 fully saturated rings. The average Bonchev–Trinajstić information content (AvgIpc) is 1.38. The molecule has 0 aromatic rings. The van der Waals surface area contributed by atoms with Crippen LogP contribution in [0.1, 0.15) is 0 Å². The summed E-state index contributed by atoms with van der Waals surface area (Å²) in [6.07, 6.45) is 0. The highest BCUT2D eigenvalue weighted by atomic mass is 17.2. The molecule has 0 aliphatic carbocycles. The summed E-state index contributed by atoms with van der Waals surface area (Å²) in [5.41, 5.74) is 0. The number of nitrogens with zero attached hydrogens (tertiary/aromatic N) is 1. The van der Waals surface area contributed by atoms with E-state index in [0.29, 0.717) is 0 Å². The molecule has 1 N–H and O–H groups in total. The summed E-state index contributed by atoms with van der Waals surface area (Å²) in [4.78, 5) is 3.58. The maximum Gasteiger partial charge on any atom is 0.0153 e. The van der Waals surface area contributed by atoms with E-state index in [0.717, 1.165) is 0 Å². The summed E-state index contributed by atoms with van der Waals surface area (Å²) in [5.74, 6) is 0. The minimum atomic E-state index is 1.18. The van der Waals surface area contributed by atoms with Crippen LogP contribution in [0.5, 0.6) is 0 Å². The van der Waals surface area contributed by atoms with Gasteiger partial charge in [0.05, 0.1) is 0 Å². The number of hydrogen-bond donors (Lipinski definition) is 1. The summed E-state index contributed by atoms with van der Waals surface area (Å²) < 4.78 is 0. The van der Waals surface area contributed by atoms with Gasteiger partial charge in [0.25, 0.3) is 0 Å². The van der Waals surface area contributed by atoms with E-state index >= 15 is 0 Å². The van der Waals surface area contributed by atoms with E-state index in [9.17, 15) is 0 Å². The summed E-state index contributed by atoms with van der Waals surface area (Å²) in [5, 5.41) is 8.75. The molecule has 0 heterocycles. The Bertz CT molecular complexity index is 21.6. The SMILES string of the molecule is CN(C)OO. The van der Waals surface area contributed by atoms with Crippen LogP contribution in [0.15, 0.2) is 0 Å². The molecule has 0 aliphatic heterocycles. The number of hydrogen-bond acceptors (Lipinski definition) is 3. The lowest BCUT2D eigenvalue weighted by atomic mass is 11.2. The highest BCUT2D eigenvalue weighted by molar-refractivity contribution is 3.93. The maximum atomic E-state index is 7.57. The van der Waals surface area contributed by atoms with Crippen molar-refractivity contribution in [3.63, 3.8) is 0 Å². The van der Waals surface area contributed by atoms with Crippen molar-refractivity contribution in [2.45, 2.75) is 0 Å². The first-order valence-electron chi connectivity index (χ1n) is 1.26. The van der Waals surface area contributed by atoms with Gasteiger partial charge in [0, 0.05) is 14.1 Å². The van der Waals surface area contributed by atoms with Crippen molar-refractivity contribution < 1.29 is 10.2 Å². The highest BCUT2D eigenvalue weighted by Gasteiger charge is 1.73. The molecule has 0 saturated carbocycles. The minimum Gasteiger partial charge on any atom is -0.233 e. The fraction of sp³-hybridized carbons (Fsp3) is 1.00. The van der Waals surface area contributed by atoms with Crippen LogP contribution in [-0.2, 0) is 4.99 Å². The van der Waals surface area contributed by atoms with E-state index in [2.05, 4.69) is 4.99 Å². The van der Waals surface area contributed by atoms with E-state index in [-0.39, 0.29) is 0 Å². The Hall–Kier alpha value is -0.120. The lowest BCUT2D eigenvalue weighted by Gasteiger charge is -1.97. The first-order valence-corrected chi connectivity index (χ1v) is 1.26. The van der Waals surface area contributed by atoms with Crippen molar-refractivity contribution in [1.29, 1.82) is 0 Å². The zero-order chi connectivity index (χ0) is 4.28. The van der Waals surface area contributed by atoms with Gasteiger partial charge in [-0.3, -0.25) is 0 Å². The third-order valence-electron chi connectivity index (χ3n) is 0.163. The summed E-state index contributed by atoms with van der Waals surface area (Å²) in [7, 11) is 3.17. The Labute approximate surface area is 30.7 Å². The lowest BCUT2D eigenvalue weighted by molar-refractivity contribution is -0.379. The molecule has 0 atom stereocenters. The molecule has 5 heavy (non-hydrogen) atoms. The Morgan fingerprint density at radius 2 is 1.80 bits per heavy atom. The quantitative estimate of drug-likeness (QED) is 0.352. The topological polar surface area (TPSA) is 32.7 Å². The summed E-state index contributed by atoms with van der Waals surface area (Å²) in [6, 6.07) is 0. The fourth-order valence-corrected chi connectivity index (χ4v) is 0. The molecule has 0 aliphatic rings. The Kier molecular flexibility index (Phi) is 2.09. The summed E-state index contributed by atoms with van der Waals surface area (Å²) in [6.45, 7) is 0. The van der Waals surface area contributed by atoms with Crippen molar-refractivity contribution in [2.24, 2.45) is 0 Å². The second-order valence-electron chi connectivity index (χ2n) is 0.894. The van der Waals surface area contributed by atoms with Gasteiger partial charge in [-0.1, -0.05) is 0 Å². The Morgan fingerprint density at radius 3 is 1.80 bits per heavy atom. The van der Waals surface area contributed by atoms with E-state index < -0.39 is 0 Å². The molecular weight excluding hydrogens is 70.0 g/mol. The third kappa shape index (κ3) is 3.88. The summed E-state index contributed by atoms with van der Waals surface area (Å²) >= 11 is 0. The molecule has 0 spiro atoms. The molecule has 0 rings (SSSR count). The van der Waals surface area contributed by atoms with Crippen molar-refractivity contribution in [3.05, 3.63) is 0 Å². The zero-order valence-corrected chi connectivity index (χ0v) is 3.30. The van der Waals surface area contributed by atoms with Crippen LogP contribution < -0.4 is 0 Å². The normalized spacial score (nSPS) is 9.60. The predicted molar refractivity (Wildman–Crippen MR) is 17.4 cm³/mol. The first-order chi connectivity index (χ1) is 2.27. The number of hydroxylamine groups is 2. The molecule has 3 nitrogen and oxygen atoms in total. The van der Waals surface area contributed by atoms with Gasteiger partial charge in [0.15, 0.2) is 0 Å². The monoisotopic (exact) mass is 77.0 g/mol. The van der Waals surface area contributed by atoms with Gasteiger partial charge in [0.2, 0.25) is 0 Å². The molecule has 0 aromatic carbocycles. The molecule has 0 unspecified atom stereocenters. The van der Waals surface area contributed by atoms with Gasteiger partial charge in [-0.05, 0) is 0 Å². The highest BCUT2D eigenvalue weighted by Crippen LogP contribution is 1.63. The van der Waals surface area contributed by atoms with Crippen LogP contribution in [0.4, 0.5) is 0 Å².